The molecule has 27 heavy (non-hydrogen) atoms. The SMILES string of the molecule is COc1ccccc1CC1CCCN1C(=O)c1ccc(-n2cncn2)nc1. The number of amides is 1. The summed E-state index contributed by atoms with van der Waals surface area (Å²) in [5, 5.41) is 4.05. The van der Waals surface area contributed by atoms with E-state index in [2.05, 4.69) is 21.1 Å². The van der Waals surface area contributed by atoms with Gasteiger partial charge in [0.2, 0.25) is 0 Å². The predicted octanol–water partition coefficient (Wildman–Crippen LogP) is 2.52. The molecule has 1 aliphatic heterocycles. The Hall–Kier alpha value is -3.22. The average Bonchev–Trinajstić information content (AvgIpc) is 3.40. The van der Waals surface area contributed by atoms with Gasteiger partial charge in [0.25, 0.3) is 5.91 Å². The van der Waals surface area contributed by atoms with Gasteiger partial charge in [0.15, 0.2) is 5.82 Å². The molecule has 0 spiro atoms. The Morgan fingerprint density at radius 1 is 1.26 bits per heavy atom. The smallest absolute Gasteiger partial charge is 0.255 e. The van der Waals surface area contributed by atoms with E-state index in [-0.39, 0.29) is 11.9 Å². The fraction of sp³-hybridized carbons (Fsp3) is 0.300. The highest BCUT2D eigenvalue weighted by Gasteiger charge is 2.30. The van der Waals surface area contributed by atoms with E-state index in [9.17, 15) is 4.79 Å². The molecule has 1 saturated heterocycles. The van der Waals surface area contributed by atoms with Crippen LogP contribution in [-0.4, -0.2) is 50.3 Å². The average molecular weight is 363 g/mol. The summed E-state index contributed by atoms with van der Waals surface area (Å²) in [6.07, 6.45) is 7.43. The Morgan fingerprint density at radius 3 is 2.89 bits per heavy atom. The Bertz CT molecular complexity index is 908. The zero-order valence-electron chi connectivity index (χ0n) is 15.2. The van der Waals surface area contributed by atoms with E-state index in [1.165, 1.54) is 6.33 Å². The second-order valence-corrected chi connectivity index (χ2v) is 6.56. The van der Waals surface area contributed by atoms with Crippen molar-refractivity contribution in [2.75, 3.05) is 13.7 Å². The monoisotopic (exact) mass is 363 g/mol. The first-order chi connectivity index (χ1) is 13.3. The van der Waals surface area contributed by atoms with Gasteiger partial charge >= 0.3 is 0 Å². The lowest BCUT2D eigenvalue weighted by molar-refractivity contribution is 0.0735. The number of nitrogens with zero attached hydrogens (tertiary/aromatic N) is 5. The molecule has 0 N–H and O–H groups in total. The highest BCUT2D eigenvalue weighted by atomic mass is 16.5. The molecule has 7 nitrogen and oxygen atoms in total. The highest BCUT2D eigenvalue weighted by Crippen LogP contribution is 2.27. The van der Waals surface area contributed by atoms with Crippen LogP contribution >= 0.6 is 0 Å². The number of carbonyl (C=O) groups excluding carboxylic acids is 1. The van der Waals surface area contributed by atoms with Gasteiger partial charge in [0, 0.05) is 18.8 Å². The fourth-order valence-corrected chi connectivity index (χ4v) is 3.58. The molecule has 1 aromatic carbocycles. The number of likely N-dealkylation sites (tertiary alicyclic amines) is 1. The minimum absolute atomic E-state index is 0.0186. The van der Waals surface area contributed by atoms with E-state index in [4.69, 9.17) is 4.74 Å². The number of ether oxygens (including phenoxy) is 1. The molecule has 1 atom stereocenters. The molecule has 4 rings (SSSR count). The van der Waals surface area contributed by atoms with Crippen molar-refractivity contribution in [3.8, 4) is 11.6 Å². The van der Waals surface area contributed by atoms with Crippen molar-refractivity contribution < 1.29 is 9.53 Å². The first kappa shape index (κ1) is 17.2. The Balaban J connectivity index is 1.50. The molecule has 3 heterocycles. The lowest BCUT2D eigenvalue weighted by atomic mass is 10.0. The highest BCUT2D eigenvalue weighted by molar-refractivity contribution is 5.94. The zero-order valence-corrected chi connectivity index (χ0v) is 15.2. The third-order valence-corrected chi connectivity index (χ3v) is 4.93. The summed E-state index contributed by atoms with van der Waals surface area (Å²) >= 11 is 0. The number of hydrogen-bond acceptors (Lipinski definition) is 5. The van der Waals surface area contributed by atoms with Crippen molar-refractivity contribution in [1.82, 2.24) is 24.6 Å². The lowest BCUT2D eigenvalue weighted by Crippen LogP contribution is -2.37. The van der Waals surface area contributed by atoms with Gasteiger partial charge < -0.3 is 9.64 Å². The molecule has 0 aliphatic carbocycles. The van der Waals surface area contributed by atoms with Crippen molar-refractivity contribution in [1.29, 1.82) is 0 Å². The quantitative estimate of drug-likeness (QED) is 0.696. The van der Waals surface area contributed by atoms with E-state index in [1.807, 2.05) is 23.1 Å². The van der Waals surface area contributed by atoms with Crippen LogP contribution in [0.25, 0.3) is 5.82 Å². The van der Waals surface area contributed by atoms with Crippen molar-refractivity contribution in [2.45, 2.75) is 25.3 Å². The van der Waals surface area contributed by atoms with Crippen LogP contribution in [0.4, 0.5) is 0 Å². The fourth-order valence-electron chi connectivity index (χ4n) is 3.58. The summed E-state index contributed by atoms with van der Waals surface area (Å²) in [6, 6.07) is 11.7. The molecule has 7 heteroatoms. The number of hydrogen-bond donors (Lipinski definition) is 0. The molecule has 1 amide bonds. The number of carbonyl (C=O) groups is 1. The summed E-state index contributed by atoms with van der Waals surface area (Å²) < 4.78 is 7.02. The second-order valence-electron chi connectivity index (χ2n) is 6.56. The lowest BCUT2D eigenvalue weighted by Gasteiger charge is -2.25. The first-order valence-corrected chi connectivity index (χ1v) is 9.00. The van der Waals surface area contributed by atoms with E-state index in [1.54, 1.807) is 36.4 Å². The summed E-state index contributed by atoms with van der Waals surface area (Å²) in [7, 11) is 1.68. The first-order valence-electron chi connectivity index (χ1n) is 9.00. The van der Waals surface area contributed by atoms with E-state index in [0.29, 0.717) is 11.4 Å². The van der Waals surface area contributed by atoms with Gasteiger partial charge in [-0.3, -0.25) is 4.79 Å². The van der Waals surface area contributed by atoms with E-state index < -0.39 is 0 Å². The Labute approximate surface area is 157 Å². The minimum atomic E-state index is 0.0186. The second kappa shape index (κ2) is 7.57. The molecule has 1 unspecified atom stereocenters. The Kier molecular flexibility index (Phi) is 4.82. The maximum absolute atomic E-state index is 13.0. The largest absolute Gasteiger partial charge is 0.496 e. The Morgan fingerprint density at radius 2 is 2.15 bits per heavy atom. The van der Waals surface area contributed by atoms with Crippen molar-refractivity contribution >= 4 is 5.91 Å². The van der Waals surface area contributed by atoms with Gasteiger partial charge in [0.1, 0.15) is 18.4 Å². The van der Waals surface area contributed by atoms with Crippen LogP contribution in [0, 0.1) is 0 Å². The maximum atomic E-state index is 13.0. The van der Waals surface area contributed by atoms with Crippen LogP contribution in [-0.2, 0) is 6.42 Å². The molecule has 0 radical (unpaired) electrons. The van der Waals surface area contributed by atoms with Gasteiger partial charge in [-0.1, -0.05) is 18.2 Å². The topological polar surface area (TPSA) is 73.1 Å². The van der Waals surface area contributed by atoms with Gasteiger partial charge in [-0.05, 0) is 43.0 Å². The summed E-state index contributed by atoms with van der Waals surface area (Å²) in [5.74, 6) is 1.52. The van der Waals surface area contributed by atoms with Crippen molar-refractivity contribution in [3.63, 3.8) is 0 Å². The van der Waals surface area contributed by atoms with Gasteiger partial charge in [-0.2, -0.15) is 5.10 Å². The number of methoxy groups -OCH3 is 1. The van der Waals surface area contributed by atoms with Crippen LogP contribution in [0.1, 0.15) is 28.8 Å². The van der Waals surface area contributed by atoms with E-state index in [0.717, 1.165) is 37.1 Å². The van der Waals surface area contributed by atoms with Crippen LogP contribution < -0.4 is 4.74 Å². The number of aromatic nitrogens is 4. The number of para-hydroxylation sites is 1. The molecule has 0 bridgehead atoms. The number of benzene rings is 1. The summed E-state index contributed by atoms with van der Waals surface area (Å²) in [4.78, 5) is 23.2. The van der Waals surface area contributed by atoms with Crippen molar-refractivity contribution in [2.24, 2.45) is 0 Å². The third kappa shape index (κ3) is 3.53. The van der Waals surface area contributed by atoms with Crippen LogP contribution in [0.15, 0.2) is 55.2 Å². The normalized spacial score (nSPS) is 16.5. The van der Waals surface area contributed by atoms with Crippen LogP contribution in [0.3, 0.4) is 0 Å². The summed E-state index contributed by atoms with van der Waals surface area (Å²) in [5.41, 5.74) is 1.72. The summed E-state index contributed by atoms with van der Waals surface area (Å²) in [6.45, 7) is 0.767. The van der Waals surface area contributed by atoms with Crippen molar-refractivity contribution in [3.05, 3.63) is 66.4 Å². The van der Waals surface area contributed by atoms with Crippen LogP contribution in [0.2, 0.25) is 0 Å². The zero-order chi connectivity index (χ0) is 18.6. The number of pyridine rings is 1. The molecule has 1 fully saturated rings. The van der Waals surface area contributed by atoms with Crippen LogP contribution in [0.5, 0.6) is 5.75 Å². The maximum Gasteiger partial charge on any atom is 0.255 e. The van der Waals surface area contributed by atoms with Gasteiger partial charge in [0.05, 0.1) is 12.7 Å². The van der Waals surface area contributed by atoms with Gasteiger partial charge in [-0.15, -0.1) is 0 Å². The standard InChI is InChI=1S/C20H21N5O2/c1-27-18-7-3-2-5-15(18)11-17-6-4-10-24(17)20(26)16-8-9-19(22-12-16)25-14-21-13-23-25/h2-3,5,7-9,12-14,17H,4,6,10-11H2,1H3. The van der Waals surface area contributed by atoms with Gasteiger partial charge in [-0.25, -0.2) is 14.6 Å². The molecule has 2 aromatic heterocycles. The molecular weight excluding hydrogens is 342 g/mol. The molecule has 3 aromatic rings. The molecule has 1 aliphatic rings. The minimum Gasteiger partial charge on any atom is -0.496 e. The molecule has 0 saturated carbocycles. The third-order valence-electron chi connectivity index (χ3n) is 4.93. The predicted molar refractivity (Wildman–Crippen MR) is 99.9 cm³/mol. The number of rotatable bonds is 5. The van der Waals surface area contributed by atoms with E-state index >= 15 is 0 Å². The molecule has 138 valence electrons. The molecular formula is C20H21N5O2.